The highest BCUT2D eigenvalue weighted by Crippen LogP contribution is 2.39. The van der Waals surface area contributed by atoms with Crippen molar-refractivity contribution >= 4 is 22.0 Å². The van der Waals surface area contributed by atoms with Crippen LogP contribution in [0.15, 0.2) is 11.4 Å². The number of anilines is 2. The molecule has 2 aliphatic heterocycles. The summed E-state index contributed by atoms with van der Waals surface area (Å²) in [7, 11) is 0. The maximum atomic E-state index is 3.49. The summed E-state index contributed by atoms with van der Waals surface area (Å²) < 4.78 is 0. The van der Waals surface area contributed by atoms with Crippen LogP contribution in [0.5, 0.6) is 0 Å². The molecule has 0 aromatic carbocycles. The standard InChI is InChI=1S/C9H12N2S/c1-2-7-6-10-9-8(3-5-12-9)11(7)4-1/h3,5,7,10H,1-2,4,6H2/t7-/m0/s1. The molecule has 1 aromatic rings. The molecule has 0 radical (unpaired) electrons. The van der Waals surface area contributed by atoms with E-state index in [4.69, 9.17) is 0 Å². The summed E-state index contributed by atoms with van der Waals surface area (Å²) >= 11 is 1.82. The molecule has 0 spiro atoms. The van der Waals surface area contributed by atoms with E-state index in [0.29, 0.717) is 0 Å². The molecule has 1 fully saturated rings. The van der Waals surface area contributed by atoms with Crippen molar-refractivity contribution in [3.63, 3.8) is 0 Å². The lowest BCUT2D eigenvalue weighted by molar-refractivity contribution is 0.686. The second-order valence-corrected chi connectivity index (χ2v) is 4.42. The molecule has 64 valence electrons. The van der Waals surface area contributed by atoms with E-state index in [1.165, 1.54) is 30.1 Å². The van der Waals surface area contributed by atoms with E-state index in [1.54, 1.807) is 0 Å². The lowest BCUT2D eigenvalue weighted by Crippen LogP contribution is -2.38. The fourth-order valence-electron chi connectivity index (χ4n) is 2.24. The molecule has 0 bridgehead atoms. The van der Waals surface area contributed by atoms with Crippen LogP contribution in [-0.4, -0.2) is 19.1 Å². The zero-order valence-electron chi connectivity index (χ0n) is 6.92. The lowest BCUT2D eigenvalue weighted by Gasteiger charge is -2.32. The van der Waals surface area contributed by atoms with Gasteiger partial charge in [0.25, 0.3) is 0 Å². The predicted octanol–water partition coefficient (Wildman–Crippen LogP) is 2.14. The summed E-state index contributed by atoms with van der Waals surface area (Å²) in [5, 5.41) is 7.04. The van der Waals surface area contributed by atoms with Crippen LogP contribution in [0.3, 0.4) is 0 Å². The number of hydrogen-bond acceptors (Lipinski definition) is 3. The van der Waals surface area contributed by atoms with Gasteiger partial charge in [0.1, 0.15) is 5.00 Å². The first-order valence-corrected chi connectivity index (χ1v) is 5.41. The Morgan fingerprint density at radius 2 is 2.58 bits per heavy atom. The number of thiophene rings is 1. The van der Waals surface area contributed by atoms with E-state index in [0.717, 1.165) is 12.6 Å². The molecule has 0 aliphatic carbocycles. The molecule has 0 saturated carbocycles. The van der Waals surface area contributed by atoms with Crippen LogP contribution in [-0.2, 0) is 0 Å². The second-order valence-electron chi connectivity index (χ2n) is 3.51. The van der Waals surface area contributed by atoms with Crippen LogP contribution in [0, 0.1) is 0 Å². The maximum absolute atomic E-state index is 3.49. The van der Waals surface area contributed by atoms with E-state index in [-0.39, 0.29) is 0 Å². The van der Waals surface area contributed by atoms with Crippen LogP contribution in [0.4, 0.5) is 10.7 Å². The number of nitrogens with one attached hydrogen (secondary N) is 1. The van der Waals surface area contributed by atoms with Crippen LogP contribution in [0.25, 0.3) is 0 Å². The molecule has 0 amide bonds. The average Bonchev–Trinajstić information content (AvgIpc) is 2.71. The van der Waals surface area contributed by atoms with Crippen LogP contribution in [0.2, 0.25) is 0 Å². The molecule has 0 unspecified atom stereocenters. The molecular formula is C9H12N2S. The Labute approximate surface area is 76.2 Å². The van der Waals surface area contributed by atoms with Crippen molar-refractivity contribution in [3.8, 4) is 0 Å². The third-order valence-electron chi connectivity index (χ3n) is 2.83. The van der Waals surface area contributed by atoms with Crippen LogP contribution in [0.1, 0.15) is 12.8 Å². The topological polar surface area (TPSA) is 15.3 Å². The van der Waals surface area contributed by atoms with Gasteiger partial charge in [0.2, 0.25) is 0 Å². The zero-order valence-corrected chi connectivity index (χ0v) is 7.73. The normalized spacial score (nSPS) is 26.3. The molecule has 2 aliphatic rings. The second kappa shape index (κ2) is 2.39. The van der Waals surface area contributed by atoms with E-state index < -0.39 is 0 Å². The molecule has 1 aromatic heterocycles. The Morgan fingerprint density at radius 1 is 1.58 bits per heavy atom. The first kappa shape index (κ1) is 6.78. The molecular weight excluding hydrogens is 168 g/mol. The van der Waals surface area contributed by atoms with E-state index in [1.807, 2.05) is 11.3 Å². The summed E-state index contributed by atoms with van der Waals surface area (Å²) in [4.78, 5) is 2.56. The van der Waals surface area contributed by atoms with Crippen molar-refractivity contribution in [2.24, 2.45) is 0 Å². The molecule has 3 rings (SSSR count). The third kappa shape index (κ3) is 0.800. The molecule has 1 saturated heterocycles. The van der Waals surface area contributed by atoms with Gasteiger partial charge in [-0.3, -0.25) is 0 Å². The van der Waals surface area contributed by atoms with E-state index in [9.17, 15) is 0 Å². The Hall–Kier alpha value is -0.700. The van der Waals surface area contributed by atoms with Crippen LogP contribution < -0.4 is 10.2 Å². The third-order valence-corrected chi connectivity index (χ3v) is 3.69. The molecule has 1 atom stereocenters. The van der Waals surface area contributed by atoms with E-state index in [2.05, 4.69) is 21.7 Å². The van der Waals surface area contributed by atoms with Gasteiger partial charge in [0, 0.05) is 19.1 Å². The van der Waals surface area contributed by atoms with Gasteiger partial charge < -0.3 is 10.2 Å². The highest BCUT2D eigenvalue weighted by atomic mass is 32.1. The van der Waals surface area contributed by atoms with Crippen molar-refractivity contribution < 1.29 is 0 Å². The van der Waals surface area contributed by atoms with Crippen molar-refractivity contribution in [2.75, 3.05) is 23.3 Å². The van der Waals surface area contributed by atoms with Gasteiger partial charge in [-0.05, 0) is 24.3 Å². The Balaban J connectivity index is 2.04. The van der Waals surface area contributed by atoms with Gasteiger partial charge in [-0.15, -0.1) is 11.3 Å². The molecule has 3 heterocycles. The maximum Gasteiger partial charge on any atom is 0.112 e. The SMILES string of the molecule is c1cc2c(s1)NC[C@@H]1CCCN21. The molecule has 3 heteroatoms. The fraction of sp³-hybridized carbons (Fsp3) is 0.556. The average molecular weight is 180 g/mol. The van der Waals surface area contributed by atoms with Gasteiger partial charge in [0.15, 0.2) is 0 Å². The number of fused-ring (bicyclic) bond motifs is 3. The quantitative estimate of drug-likeness (QED) is 0.658. The minimum absolute atomic E-state index is 0.770. The lowest BCUT2D eigenvalue weighted by atomic mass is 10.2. The largest absolute Gasteiger partial charge is 0.373 e. The van der Waals surface area contributed by atoms with Crippen molar-refractivity contribution in [2.45, 2.75) is 18.9 Å². The Morgan fingerprint density at radius 3 is 3.58 bits per heavy atom. The number of rotatable bonds is 0. The highest BCUT2D eigenvalue weighted by molar-refractivity contribution is 7.14. The fourth-order valence-corrected chi connectivity index (χ4v) is 3.04. The smallest absolute Gasteiger partial charge is 0.112 e. The van der Waals surface area contributed by atoms with Crippen molar-refractivity contribution in [1.29, 1.82) is 0 Å². The van der Waals surface area contributed by atoms with Gasteiger partial charge >= 0.3 is 0 Å². The summed E-state index contributed by atoms with van der Waals surface area (Å²) in [6.45, 7) is 2.41. The van der Waals surface area contributed by atoms with Crippen molar-refractivity contribution in [3.05, 3.63) is 11.4 Å². The summed E-state index contributed by atoms with van der Waals surface area (Å²) in [5.74, 6) is 0. The number of hydrogen-bond donors (Lipinski definition) is 1. The summed E-state index contributed by atoms with van der Waals surface area (Å²) in [5.41, 5.74) is 1.44. The van der Waals surface area contributed by atoms with Gasteiger partial charge in [-0.2, -0.15) is 0 Å². The predicted molar refractivity (Wildman–Crippen MR) is 53.2 cm³/mol. The Kier molecular flexibility index (Phi) is 1.35. The molecule has 2 nitrogen and oxygen atoms in total. The number of nitrogens with zero attached hydrogens (tertiary/aromatic N) is 1. The van der Waals surface area contributed by atoms with Crippen LogP contribution >= 0.6 is 11.3 Å². The van der Waals surface area contributed by atoms with Gasteiger partial charge in [-0.25, -0.2) is 0 Å². The molecule has 1 N–H and O–H groups in total. The molecule has 12 heavy (non-hydrogen) atoms. The Bertz CT molecular complexity index is 294. The van der Waals surface area contributed by atoms with Gasteiger partial charge in [-0.1, -0.05) is 0 Å². The van der Waals surface area contributed by atoms with Gasteiger partial charge in [0.05, 0.1) is 5.69 Å². The minimum atomic E-state index is 0.770. The minimum Gasteiger partial charge on any atom is -0.373 e. The zero-order chi connectivity index (χ0) is 7.97. The van der Waals surface area contributed by atoms with E-state index >= 15 is 0 Å². The summed E-state index contributed by atoms with van der Waals surface area (Å²) in [6, 6.07) is 3.01. The first-order chi connectivity index (χ1) is 5.95. The summed E-state index contributed by atoms with van der Waals surface area (Å²) in [6.07, 6.45) is 2.73. The monoisotopic (exact) mass is 180 g/mol. The van der Waals surface area contributed by atoms with Crippen molar-refractivity contribution in [1.82, 2.24) is 0 Å². The highest BCUT2D eigenvalue weighted by Gasteiger charge is 2.30. The first-order valence-electron chi connectivity index (χ1n) is 4.53.